The van der Waals surface area contributed by atoms with Crippen LogP contribution in [0.2, 0.25) is 0 Å². The van der Waals surface area contributed by atoms with Gasteiger partial charge in [0.25, 0.3) is 0 Å². The molecule has 0 heterocycles. The zero-order valence-corrected chi connectivity index (χ0v) is 10.9. The van der Waals surface area contributed by atoms with E-state index in [9.17, 15) is 14.3 Å². The number of anilines is 1. The van der Waals surface area contributed by atoms with Gasteiger partial charge in [0.05, 0.1) is 13.7 Å². The van der Waals surface area contributed by atoms with E-state index in [-0.39, 0.29) is 12.1 Å². The van der Waals surface area contributed by atoms with Crippen LogP contribution >= 0.6 is 0 Å². The Hall–Kier alpha value is -2.56. The summed E-state index contributed by atoms with van der Waals surface area (Å²) in [5.41, 5.74) is 0.748. The van der Waals surface area contributed by atoms with Gasteiger partial charge in [-0.1, -0.05) is 18.2 Å². The minimum absolute atomic E-state index is 0.0810. The number of amides is 1. The number of hydrogen-bond acceptors (Lipinski definition) is 2. The topological polar surface area (TPSA) is 49.8 Å². The molecule has 4 nitrogen and oxygen atoms in total. The first-order valence-corrected chi connectivity index (χ1v) is 5.99. The van der Waals surface area contributed by atoms with E-state index < -0.39 is 11.9 Å². The molecule has 1 N–H and O–H groups in total. The highest BCUT2D eigenvalue weighted by atomic mass is 19.1. The van der Waals surface area contributed by atoms with E-state index in [0.717, 1.165) is 4.90 Å². The van der Waals surface area contributed by atoms with Crippen molar-refractivity contribution in [3.63, 3.8) is 0 Å². The van der Waals surface area contributed by atoms with E-state index in [1.807, 2.05) is 0 Å². The first-order valence-electron chi connectivity index (χ1n) is 5.99. The summed E-state index contributed by atoms with van der Waals surface area (Å²) in [6.45, 7) is -0.0810. The fourth-order valence-corrected chi connectivity index (χ4v) is 1.85. The van der Waals surface area contributed by atoms with Crippen molar-refractivity contribution in [1.82, 2.24) is 0 Å². The Balaban J connectivity index is 2.32. The van der Waals surface area contributed by atoms with E-state index in [2.05, 4.69) is 0 Å². The maximum atomic E-state index is 13.8. The van der Waals surface area contributed by atoms with Crippen LogP contribution in [-0.2, 0) is 6.54 Å². The minimum Gasteiger partial charge on any atom is -0.497 e. The Morgan fingerprint density at radius 2 is 1.95 bits per heavy atom. The summed E-state index contributed by atoms with van der Waals surface area (Å²) < 4.78 is 18.8. The van der Waals surface area contributed by atoms with E-state index in [1.54, 1.807) is 30.3 Å². The van der Waals surface area contributed by atoms with E-state index in [1.165, 1.54) is 25.3 Å². The molecule has 2 rings (SSSR count). The molecule has 104 valence electrons. The SMILES string of the molecule is COc1ccc(F)c(CN(C(=O)O)c2ccccc2)c1. The minimum atomic E-state index is -1.14. The molecule has 2 aromatic rings. The van der Waals surface area contributed by atoms with Crippen LogP contribution in [0.4, 0.5) is 14.9 Å². The normalized spacial score (nSPS) is 10.1. The van der Waals surface area contributed by atoms with Gasteiger partial charge in [0, 0.05) is 11.3 Å². The Bertz CT molecular complexity index is 601. The van der Waals surface area contributed by atoms with Crippen LogP contribution in [0.5, 0.6) is 5.75 Å². The summed E-state index contributed by atoms with van der Waals surface area (Å²) in [4.78, 5) is 12.4. The van der Waals surface area contributed by atoms with Crippen molar-refractivity contribution >= 4 is 11.8 Å². The number of ether oxygens (including phenoxy) is 1. The summed E-state index contributed by atoms with van der Waals surface area (Å²) in [5.74, 6) is 0.0211. The standard InChI is InChI=1S/C15H14FNO3/c1-20-13-7-8-14(16)11(9-13)10-17(15(18)19)12-5-3-2-4-6-12/h2-9H,10H2,1H3,(H,18,19). The molecule has 0 unspecified atom stereocenters. The molecule has 0 aliphatic rings. The molecule has 0 aromatic heterocycles. The van der Waals surface area contributed by atoms with Gasteiger partial charge in [0.1, 0.15) is 11.6 Å². The van der Waals surface area contributed by atoms with Crippen molar-refractivity contribution in [2.75, 3.05) is 12.0 Å². The van der Waals surface area contributed by atoms with Gasteiger partial charge in [-0.15, -0.1) is 0 Å². The number of nitrogens with zero attached hydrogens (tertiary/aromatic N) is 1. The zero-order chi connectivity index (χ0) is 14.5. The predicted octanol–water partition coefficient (Wildman–Crippen LogP) is 3.52. The molecule has 0 saturated heterocycles. The number of methoxy groups -OCH3 is 1. The fourth-order valence-electron chi connectivity index (χ4n) is 1.85. The molecule has 1 amide bonds. The molecular weight excluding hydrogens is 261 g/mol. The van der Waals surface area contributed by atoms with Crippen molar-refractivity contribution in [2.24, 2.45) is 0 Å². The Morgan fingerprint density at radius 3 is 2.55 bits per heavy atom. The molecular formula is C15H14FNO3. The molecule has 0 atom stereocenters. The highest BCUT2D eigenvalue weighted by Gasteiger charge is 2.17. The van der Waals surface area contributed by atoms with Crippen LogP contribution in [0.15, 0.2) is 48.5 Å². The van der Waals surface area contributed by atoms with Crippen LogP contribution in [0.3, 0.4) is 0 Å². The molecule has 2 aromatic carbocycles. The lowest BCUT2D eigenvalue weighted by atomic mass is 10.1. The second-order valence-electron chi connectivity index (χ2n) is 4.16. The average Bonchev–Trinajstić information content (AvgIpc) is 2.47. The molecule has 0 aliphatic heterocycles. The monoisotopic (exact) mass is 275 g/mol. The highest BCUT2D eigenvalue weighted by molar-refractivity contribution is 5.85. The van der Waals surface area contributed by atoms with Crippen LogP contribution in [0, 0.1) is 5.82 Å². The third-order valence-corrected chi connectivity index (χ3v) is 2.88. The van der Waals surface area contributed by atoms with Crippen molar-refractivity contribution in [3.05, 3.63) is 59.9 Å². The summed E-state index contributed by atoms with van der Waals surface area (Å²) in [6.07, 6.45) is -1.14. The maximum Gasteiger partial charge on any atom is 0.412 e. The van der Waals surface area contributed by atoms with Gasteiger partial charge >= 0.3 is 6.09 Å². The molecule has 0 spiro atoms. The molecule has 5 heteroatoms. The number of halogens is 1. The smallest absolute Gasteiger partial charge is 0.412 e. The zero-order valence-electron chi connectivity index (χ0n) is 10.9. The molecule has 0 saturated carbocycles. The third-order valence-electron chi connectivity index (χ3n) is 2.88. The van der Waals surface area contributed by atoms with E-state index >= 15 is 0 Å². The Kier molecular flexibility index (Phi) is 4.20. The largest absolute Gasteiger partial charge is 0.497 e. The summed E-state index contributed by atoms with van der Waals surface area (Å²) in [7, 11) is 1.48. The lowest BCUT2D eigenvalue weighted by Gasteiger charge is -2.20. The number of carbonyl (C=O) groups is 1. The Morgan fingerprint density at radius 1 is 1.25 bits per heavy atom. The van der Waals surface area contributed by atoms with Crippen LogP contribution in [-0.4, -0.2) is 18.3 Å². The quantitative estimate of drug-likeness (QED) is 0.928. The molecule has 0 bridgehead atoms. The summed E-state index contributed by atoms with van der Waals surface area (Å²) in [6, 6.07) is 12.8. The summed E-state index contributed by atoms with van der Waals surface area (Å²) >= 11 is 0. The van der Waals surface area contributed by atoms with Gasteiger partial charge in [-0.25, -0.2) is 9.18 Å². The van der Waals surface area contributed by atoms with Gasteiger partial charge in [0.2, 0.25) is 0 Å². The lowest BCUT2D eigenvalue weighted by molar-refractivity contribution is 0.201. The maximum absolute atomic E-state index is 13.8. The number of hydrogen-bond donors (Lipinski definition) is 1. The van der Waals surface area contributed by atoms with Crippen molar-refractivity contribution in [2.45, 2.75) is 6.54 Å². The Labute approximate surface area is 116 Å². The van der Waals surface area contributed by atoms with E-state index in [4.69, 9.17) is 4.74 Å². The lowest BCUT2D eigenvalue weighted by Crippen LogP contribution is -2.28. The predicted molar refractivity (Wildman–Crippen MR) is 73.6 cm³/mol. The fraction of sp³-hybridized carbons (Fsp3) is 0.133. The van der Waals surface area contributed by atoms with Gasteiger partial charge in [-0.3, -0.25) is 4.90 Å². The van der Waals surface area contributed by atoms with Gasteiger partial charge in [-0.2, -0.15) is 0 Å². The first kappa shape index (κ1) is 13.9. The van der Waals surface area contributed by atoms with Crippen molar-refractivity contribution in [3.8, 4) is 5.75 Å². The van der Waals surface area contributed by atoms with Gasteiger partial charge < -0.3 is 9.84 Å². The van der Waals surface area contributed by atoms with Crippen molar-refractivity contribution in [1.29, 1.82) is 0 Å². The number of benzene rings is 2. The van der Waals surface area contributed by atoms with Gasteiger partial charge in [0.15, 0.2) is 0 Å². The number of carboxylic acid groups (broad SMARTS) is 1. The molecule has 20 heavy (non-hydrogen) atoms. The average molecular weight is 275 g/mol. The van der Waals surface area contributed by atoms with Crippen LogP contribution in [0.25, 0.3) is 0 Å². The number of rotatable bonds is 4. The number of para-hydroxylation sites is 1. The second kappa shape index (κ2) is 6.06. The molecule has 0 fully saturated rings. The van der Waals surface area contributed by atoms with Crippen LogP contribution in [0.1, 0.15) is 5.56 Å². The highest BCUT2D eigenvalue weighted by Crippen LogP contribution is 2.22. The van der Waals surface area contributed by atoms with Gasteiger partial charge in [-0.05, 0) is 30.3 Å². The molecule has 0 aliphatic carbocycles. The summed E-state index contributed by atoms with van der Waals surface area (Å²) in [5, 5.41) is 9.28. The van der Waals surface area contributed by atoms with E-state index in [0.29, 0.717) is 11.4 Å². The third kappa shape index (κ3) is 3.06. The molecule has 0 radical (unpaired) electrons. The van der Waals surface area contributed by atoms with Crippen molar-refractivity contribution < 1.29 is 19.0 Å². The van der Waals surface area contributed by atoms with Crippen LogP contribution < -0.4 is 9.64 Å². The first-order chi connectivity index (χ1) is 9.61. The second-order valence-corrected chi connectivity index (χ2v) is 4.16.